The van der Waals surface area contributed by atoms with Crippen LogP contribution in [0.2, 0.25) is 0 Å². The Kier molecular flexibility index (Phi) is 7.88. The first-order valence-corrected chi connectivity index (χ1v) is 7.75. The number of hydrogen-bond acceptors (Lipinski definition) is 2. The van der Waals surface area contributed by atoms with E-state index in [2.05, 4.69) is 4.74 Å². The van der Waals surface area contributed by atoms with Gasteiger partial charge in [-0.05, 0) is 18.3 Å². The van der Waals surface area contributed by atoms with Crippen LogP contribution in [0.25, 0.3) is 0 Å². The summed E-state index contributed by atoms with van der Waals surface area (Å²) in [4.78, 5) is 11.8. The molecule has 0 amide bonds. The van der Waals surface area contributed by atoms with Crippen LogP contribution in [0.15, 0.2) is 0 Å². The Balaban J connectivity index is 5.05. The summed E-state index contributed by atoms with van der Waals surface area (Å²) in [7, 11) is 0. The smallest absolute Gasteiger partial charge is 0.460 e. The van der Waals surface area contributed by atoms with E-state index in [1.165, 1.54) is 0 Å². The maximum absolute atomic E-state index is 13.3. The van der Waals surface area contributed by atoms with E-state index in [4.69, 9.17) is 0 Å². The molecule has 1 unspecified atom stereocenters. The van der Waals surface area contributed by atoms with E-state index in [9.17, 15) is 44.3 Å². The van der Waals surface area contributed by atoms with Gasteiger partial charge < -0.3 is 4.74 Å². The molecule has 0 N–H and O–H groups in total. The molecule has 0 aliphatic heterocycles. The van der Waals surface area contributed by atoms with E-state index >= 15 is 0 Å². The van der Waals surface area contributed by atoms with Gasteiger partial charge in [-0.3, -0.25) is 4.79 Å². The molecule has 0 fully saturated rings. The minimum Gasteiger partial charge on any atom is -0.465 e. The number of halogens is 9. The number of hydrogen-bond donors (Lipinski definition) is 0. The summed E-state index contributed by atoms with van der Waals surface area (Å²) >= 11 is 0. The van der Waals surface area contributed by atoms with Gasteiger partial charge in [-0.25, -0.2) is 0 Å². The van der Waals surface area contributed by atoms with E-state index in [0.29, 0.717) is 6.42 Å². The van der Waals surface area contributed by atoms with E-state index < -0.39 is 48.9 Å². The van der Waals surface area contributed by atoms with Gasteiger partial charge in [-0.1, -0.05) is 27.7 Å². The molecule has 156 valence electrons. The van der Waals surface area contributed by atoms with Crippen molar-refractivity contribution in [2.24, 2.45) is 17.8 Å². The van der Waals surface area contributed by atoms with Crippen molar-refractivity contribution in [1.29, 1.82) is 0 Å². The standard InChI is InChI=1S/C15H21F9O2/c1-8(2)7-10(9(3)4)11(25)26-6-5-12(16,17)13(18,19)14(20,21)15(22,23)24/h8-10H,5-7H2,1-4H3. The van der Waals surface area contributed by atoms with Gasteiger partial charge in [0.15, 0.2) is 0 Å². The third-order valence-electron chi connectivity index (χ3n) is 3.70. The summed E-state index contributed by atoms with van der Waals surface area (Å²) < 4.78 is 119. The molecule has 0 bridgehead atoms. The average molecular weight is 404 g/mol. The Morgan fingerprint density at radius 1 is 0.846 bits per heavy atom. The lowest BCUT2D eigenvalue weighted by Gasteiger charge is -2.33. The van der Waals surface area contributed by atoms with Crippen molar-refractivity contribution in [1.82, 2.24) is 0 Å². The van der Waals surface area contributed by atoms with Crippen LogP contribution in [0.1, 0.15) is 40.5 Å². The Morgan fingerprint density at radius 3 is 1.65 bits per heavy atom. The lowest BCUT2D eigenvalue weighted by atomic mass is 9.88. The highest BCUT2D eigenvalue weighted by Gasteiger charge is 2.81. The molecule has 2 nitrogen and oxygen atoms in total. The molecule has 0 aliphatic carbocycles. The monoisotopic (exact) mass is 404 g/mol. The Morgan fingerprint density at radius 2 is 1.31 bits per heavy atom. The highest BCUT2D eigenvalue weighted by molar-refractivity contribution is 5.72. The lowest BCUT2D eigenvalue weighted by Crippen LogP contribution is -2.61. The van der Waals surface area contributed by atoms with Crippen molar-refractivity contribution in [2.75, 3.05) is 6.61 Å². The van der Waals surface area contributed by atoms with E-state index in [0.717, 1.165) is 0 Å². The third kappa shape index (κ3) is 5.42. The first-order valence-electron chi connectivity index (χ1n) is 7.75. The average Bonchev–Trinajstić information content (AvgIpc) is 2.42. The molecule has 0 radical (unpaired) electrons. The number of alkyl halides is 9. The van der Waals surface area contributed by atoms with Crippen molar-refractivity contribution in [3.05, 3.63) is 0 Å². The van der Waals surface area contributed by atoms with Gasteiger partial charge in [-0.15, -0.1) is 0 Å². The van der Waals surface area contributed by atoms with Crippen molar-refractivity contribution < 1.29 is 49.0 Å². The normalized spacial score (nSPS) is 15.5. The molecular formula is C15H21F9O2. The van der Waals surface area contributed by atoms with Gasteiger partial charge in [0.25, 0.3) is 0 Å². The predicted molar refractivity (Wildman–Crippen MR) is 74.3 cm³/mol. The van der Waals surface area contributed by atoms with Crippen molar-refractivity contribution in [3.8, 4) is 0 Å². The van der Waals surface area contributed by atoms with E-state index in [1.54, 1.807) is 27.7 Å². The van der Waals surface area contributed by atoms with Gasteiger partial charge in [0.05, 0.1) is 18.9 Å². The number of ether oxygens (including phenoxy) is 1. The van der Waals surface area contributed by atoms with Gasteiger partial charge in [0, 0.05) is 0 Å². The van der Waals surface area contributed by atoms with Crippen LogP contribution in [-0.2, 0) is 9.53 Å². The molecule has 11 heteroatoms. The molecule has 26 heavy (non-hydrogen) atoms. The molecule has 0 aromatic rings. The second kappa shape index (κ2) is 8.24. The first kappa shape index (κ1) is 24.8. The molecule has 0 heterocycles. The molecule has 0 aromatic heterocycles. The van der Waals surface area contributed by atoms with E-state index in [1.807, 2.05) is 0 Å². The highest BCUT2D eigenvalue weighted by Crippen LogP contribution is 2.53. The molecule has 0 aromatic carbocycles. The molecule has 0 saturated heterocycles. The van der Waals surface area contributed by atoms with Crippen LogP contribution in [0, 0.1) is 17.8 Å². The topological polar surface area (TPSA) is 26.3 Å². The number of esters is 1. The minimum absolute atomic E-state index is 0.0196. The fourth-order valence-electron chi connectivity index (χ4n) is 2.10. The van der Waals surface area contributed by atoms with Crippen LogP contribution in [0.5, 0.6) is 0 Å². The second-order valence-corrected chi connectivity index (χ2v) is 6.75. The van der Waals surface area contributed by atoms with Gasteiger partial charge in [0.1, 0.15) is 0 Å². The summed E-state index contributed by atoms with van der Waals surface area (Å²) in [5, 5.41) is 0. The maximum atomic E-state index is 13.3. The van der Waals surface area contributed by atoms with Gasteiger partial charge in [0.2, 0.25) is 0 Å². The van der Waals surface area contributed by atoms with Crippen molar-refractivity contribution in [3.63, 3.8) is 0 Å². The fourth-order valence-corrected chi connectivity index (χ4v) is 2.10. The van der Waals surface area contributed by atoms with Gasteiger partial charge >= 0.3 is 29.9 Å². The molecule has 0 saturated carbocycles. The minimum atomic E-state index is -6.94. The van der Waals surface area contributed by atoms with Crippen LogP contribution in [0.4, 0.5) is 39.5 Å². The van der Waals surface area contributed by atoms with E-state index in [-0.39, 0.29) is 11.8 Å². The zero-order valence-electron chi connectivity index (χ0n) is 14.6. The molecule has 1 atom stereocenters. The number of carbonyl (C=O) groups excluding carboxylic acids is 1. The first-order chi connectivity index (χ1) is 11.4. The summed E-state index contributed by atoms with van der Waals surface area (Å²) in [6.07, 6.45) is -8.74. The summed E-state index contributed by atoms with van der Waals surface area (Å²) in [5.74, 6) is -21.4. The maximum Gasteiger partial charge on any atom is 0.460 e. The van der Waals surface area contributed by atoms with Crippen LogP contribution >= 0.6 is 0 Å². The van der Waals surface area contributed by atoms with Crippen LogP contribution in [-0.4, -0.2) is 36.5 Å². The van der Waals surface area contributed by atoms with Crippen LogP contribution in [0.3, 0.4) is 0 Å². The Labute approximate surface area is 145 Å². The third-order valence-corrected chi connectivity index (χ3v) is 3.70. The van der Waals surface area contributed by atoms with Crippen molar-refractivity contribution in [2.45, 2.75) is 64.5 Å². The highest BCUT2D eigenvalue weighted by atomic mass is 19.4. The molecule has 0 aliphatic rings. The quantitative estimate of drug-likeness (QED) is 0.364. The zero-order chi connectivity index (χ0) is 21.1. The summed E-state index contributed by atoms with van der Waals surface area (Å²) in [5.41, 5.74) is 0. The second-order valence-electron chi connectivity index (χ2n) is 6.75. The number of carbonyl (C=O) groups is 1. The summed E-state index contributed by atoms with van der Waals surface area (Å²) in [6.45, 7) is 5.35. The lowest BCUT2D eigenvalue weighted by molar-refractivity contribution is -0.397. The Bertz CT molecular complexity index is 470. The SMILES string of the molecule is CC(C)CC(C(=O)OCCC(F)(F)C(F)(F)C(F)(F)C(F)(F)F)C(C)C. The molecule has 0 spiro atoms. The molecule has 0 rings (SSSR count). The van der Waals surface area contributed by atoms with Gasteiger partial charge in [-0.2, -0.15) is 39.5 Å². The molecular weight excluding hydrogens is 383 g/mol. The fraction of sp³-hybridized carbons (Fsp3) is 0.933. The number of rotatable bonds is 9. The Hall–Kier alpha value is -1.16. The van der Waals surface area contributed by atoms with Crippen molar-refractivity contribution >= 4 is 5.97 Å². The zero-order valence-corrected chi connectivity index (χ0v) is 14.6. The predicted octanol–water partition coefficient (Wildman–Crippen LogP) is 5.71. The summed E-state index contributed by atoms with van der Waals surface area (Å²) in [6, 6.07) is 0. The largest absolute Gasteiger partial charge is 0.465 e. The van der Waals surface area contributed by atoms with Crippen LogP contribution < -0.4 is 0 Å².